The third kappa shape index (κ3) is 3.00. The number of pyridine rings is 1. The number of halogens is 2. The molecule has 1 N–H and O–H groups in total. The number of rotatable bonds is 2. The van der Waals surface area contributed by atoms with E-state index in [-0.39, 0.29) is 5.91 Å². The summed E-state index contributed by atoms with van der Waals surface area (Å²) in [7, 11) is 0. The van der Waals surface area contributed by atoms with Gasteiger partial charge in [0.05, 0.1) is 10.6 Å². The fourth-order valence-electron chi connectivity index (χ4n) is 1.47. The Bertz CT molecular complexity index is 599. The lowest BCUT2D eigenvalue weighted by Gasteiger charge is -2.07. The molecule has 3 nitrogen and oxygen atoms in total. The molecule has 0 aliphatic carbocycles. The van der Waals surface area contributed by atoms with E-state index in [2.05, 4.69) is 10.3 Å². The molecule has 1 aromatic heterocycles. The molecule has 0 atom stereocenters. The fraction of sp³-hybridized carbons (Fsp3) is 0.0769. The second-order valence-electron chi connectivity index (χ2n) is 3.74. The van der Waals surface area contributed by atoms with Gasteiger partial charge in [0, 0.05) is 10.7 Å². The number of carbonyl (C=O) groups excluding carboxylic acids is 1. The van der Waals surface area contributed by atoms with Gasteiger partial charge in [0.2, 0.25) is 0 Å². The van der Waals surface area contributed by atoms with Crippen LogP contribution in [0.1, 0.15) is 16.1 Å². The van der Waals surface area contributed by atoms with Crippen LogP contribution in [0.2, 0.25) is 10.0 Å². The Kier molecular flexibility index (Phi) is 3.84. The third-order valence-corrected chi connectivity index (χ3v) is 2.87. The second kappa shape index (κ2) is 5.38. The second-order valence-corrected chi connectivity index (χ2v) is 4.59. The zero-order valence-electron chi connectivity index (χ0n) is 9.58. The molecule has 92 valence electrons. The van der Waals surface area contributed by atoms with Crippen LogP contribution in [0.5, 0.6) is 0 Å². The van der Waals surface area contributed by atoms with E-state index in [0.29, 0.717) is 21.4 Å². The fourth-order valence-corrected chi connectivity index (χ4v) is 1.84. The number of aromatic nitrogens is 1. The molecule has 0 radical (unpaired) electrons. The molecule has 0 unspecified atom stereocenters. The number of hydrogen-bond donors (Lipinski definition) is 1. The molecule has 0 spiro atoms. The molecule has 0 saturated heterocycles. The Morgan fingerprint density at radius 1 is 1.22 bits per heavy atom. The summed E-state index contributed by atoms with van der Waals surface area (Å²) < 4.78 is 0. The summed E-state index contributed by atoms with van der Waals surface area (Å²) in [6, 6.07) is 10.1. The lowest BCUT2D eigenvalue weighted by molar-refractivity contribution is 0.102. The van der Waals surface area contributed by atoms with Crippen molar-refractivity contribution in [1.82, 2.24) is 4.98 Å². The monoisotopic (exact) mass is 280 g/mol. The van der Waals surface area contributed by atoms with Crippen molar-refractivity contribution in [3.8, 4) is 0 Å². The Hall–Kier alpha value is -1.58. The summed E-state index contributed by atoms with van der Waals surface area (Å²) in [5.74, 6) is 0.150. The molecule has 18 heavy (non-hydrogen) atoms. The first-order valence-electron chi connectivity index (χ1n) is 5.26. The summed E-state index contributed by atoms with van der Waals surface area (Å²) in [5.41, 5.74) is 1.15. The molecule has 0 aliphatic heterocycles. The van der Waals surface area contributed by atoms with Crippen LogP contribution in [-0.4, -0.2) is 10.9 Å². The van der Waals surface area contributed by atoms with Crippen LogP contribution >= 0.6 is 23.2 Å². The van der Waals surface area contributed by atoms with Gasteiger partial charge in [0.1, 0.15) is 5.82 Å². The maximum atomic E-state index is 12.0. The molecule has 1 heterocycles. The van der Waals surface area contributed by atoms with Crippen LogP contribution in [0.25, 0.3) is 0 Å². The molecule has 0 aliphatic rings. The average Bonchev–Trinajstić information content (AvgIpc) is 2.32. The van der Waals surface area contributed by atoms with Gasteiger partial charge in [0.15, 0.2) is 0 Å². The average molecular weight is 281 g/mol. The number of nitrogens with one attached hydrogen (secondary N) is 1. The van der Waals surface area contributed by atoms with Gasteiger partial charge in [-0.15, -0.1) is 0 Å². The van der Waals surface area contributed by atoms with E-state index in [1.807, 2.05) is 19.1 Å². The zero-order valence-corrected chi connectivity index (χ0v) is 11.1. The Morgan fingerprint density at radius 2 is 2.00 bits per heavy atom. The number of amides is 1. The lowest BCUT2D eigenvalue weighted by atomic mass is 10.2. The molecule has 1 amide bonds. The first-order chi connectivity index (χ1) is 8.56. The van der Waals surface area contributed by atoms with E-state index < -0.39 is 0 Å². The quantitative estimate of drug-likeness (QED) is 0.905. The van der Waals surface area contributed by atoms with Crippen molar-refractivity contribution in [2.24, 2.45) is 0 Å². The Balaban J connectivity index is 2.24. The minimum atomic E-state index is -0.333. The highest BCUT2D eigenvalue weighted by molar-refractivity contribution is 6.36. The van der Waals surface area contributed by atoms with Crippen LogP contribution in [0.4, 0.5) is 5.82 Å². The van der Waals surface area contributed by atoms with Gasteiger partial charge in [-0.05, 0) is 37.3 Å². The molecule has 0 saturated carbocycles. The maximum Gasteiger partial charge on any atom is 0.258 e. The smallest absolute Gasteiger partial charge is 0.258 e. The predicted octanol–water partition coefficient (Wildman–Crippen LogP) is 3.95. The number of aryl methyl sites for hydroxylation is 1. The minimum Gasteiger partial charge on any atom is -0.307 e. The number of nitrogens with zero attached hydrogens (tertiary/aromatic N) is 1. The van der Waals surface area contributed by atoms with Crippen LogP contribution in [0, 0.1) is 6.92 Å². The van der Waals surface area contributed by atoms with E-state index in [1.54, 1.807) is 18.2 Å². The van der Waals surface area contributed by atoms with Crippen molar-refractivity contribution in [2.75, 3.05) is 5.32 Å². The van der Waals surface area contributed by atoms with Crippen LogP contribution in [0.3, 0.4) is 0 Å². The van der Waals surface area contributed by atoms with E-state index in [9.17, 15) is 4.79 Å². The molecular weight excluding hydrogens is 271 g/mol. The Labute approximate surface area is 115 Å². The van der Waals surface area contributed by atoms with E-state index in [0.717, 1.165) is 5.69 Å². The summed E-state index contributed by atoms with van der Waals surface area (Å²) >= 11 is 11.8. The highest BCUT2D eigenvalue weighted by Crippen LogP contribution is 2.21. The van der Waals surface area contributed by atoms with Crippen LogP contribution < -0.4 is 5.32 Å². The summed E-state index contributed by atoms with van der Waals surface area (Å²) in [5, 5.41) is 3.49. The summed E-state index contributed by atoms with van der Waals surface area (Å²) in [6.07, 6.45) is 0. The normalized spacial score (nSPS) is 10.2. The first kappa shape index (κ1) is 12.9. The van der Waals surface area contributed by atoms with Crippen LogP contribution in [-0.2, 0) is 0 Å². The molecule has 2 rings (SSSR count). The maximum absolute atomic E-state index is 12.0. The van der Waals surface area contributed by atoms with Gasteiger partial charge in [-0.3, -0.25) is 4.79 Å². The largest absolute Gasteiger partial charge is 0.307 e. The van der Waals surface area contributed by atoms with Crippen molar-refractivity contribution in [3.05, 3.63) is 57.7 Å². The molecular formula is C13H10Cl2N2O. The number of benzene rings is 1. The van der Waals surface area contributed by atoms with Crippen molar-refractivity contribution >= 4 is 34.9 Å². The number of hydrogen-bond acceptors (Lipinski definition) is 2. The van der Waals surface area contributed by atoms with Crippen LogP contribution in [0.15, 0.2) is 36.4 Å². The summed E-state index contributed by atoms with van der Waals surface area (Å²) in [4.78, 5) is 16.2. The topological polar surface area (TPSA) is 42.0 Å². The highest BCUT2D eigenvalue weighted by atomic mass is 35.5. The Morgan fingerprint density at radius 3 is 2.72 bits per heavy atom. The van der Waals surface area contributed by atoms with Gasteiger partial charge in [0.25, 0.3) is 5.91 Å². The molecule has 0 fully saturated rings. The third-order valence-electron chi connectivity index (χ3n) is 2.30. The van der Waals surface area contributed by atoms with E-state index >= 15 is 0 Å². The number of carbonyl (C=O) groups is 1. The van der Waals surface area contributed by atoms with Gasteiger partial charge >= 0.3 is 0 Å². The zero-order chi connectivity index (χ0) is 13.1. The van der Waals surface area contributed by atoms with Crippen molar-refractivity contribution in [2.45, 2.75) is 6.92 Å². The van der Waals surface area contributed by atoms with E-state index in [4.69, 9.17) is 23.2 Å². The van der Waals surface area contributed by atoms with Crippen molar-refractivity contribution < 1.29 is 4.79 Å². The molecule has 2 aromatic rings. The van der Waals surface area contributed by atoms with Gasteiger partial charge in [-0.1, -0.05) is 29.3 Å². The first-order valence-corrected chi connectivity index (χ1v) is 6.02. The van der Waals surface area contributed by atoms with Gasteiger partial charge in [-0.25, -0.2) is 4.98 Å². The lowest BCUT2D eigenvalue weighted by Crippen LogP contribution is -2.13. The molecule has 1 aromatic carbocycles. The van der Waals surface area contributed by atoms with Crippen molar-refractivity contribution in [1.29, 1.82) is 0 Å². The van der Waals surface area contributed by atoms with Crippen molar-refractivity contribution in [3.63, 3.8) is 0 Å². The molecule has 5 heteroatoms. The van der Waals surface area contributed by atoms with E-state index in [1.165, 1.54) is 6.07 Å². The summed E-state index contributed by atoms with van der Waals surface area (Å²) in [6.45, 7) is 1.85. The standard InChI is InChI=1S/C13H10Cl2N2O/c1-8-3-2-4-12(16-8)17-13(18)10-7-9(14)5-6-11(10)15/h2-7H,1H3,(H,16,17,18). The highest BCUT2D eigenvalue weighted by Gasteiger charge is 2.11. The van der Waals surface area contributed by atoms with Gasteiger partial charge in [-0.2, -0.15) is 0 Å². The predicted molar refractivity (Wildman–Crippen MR) is 73.4 cm³/mol. The minimum absolute atomic E-state index is 0.326. The SMILES string of the molecule is Cc1cccc(NC(=O)c2cc(Cl)ccc2Cl)n1. The van der Waals surface area contributed by atoms with Gasteiger partial charge < -0.3 is 5.32 Å². The molecule has 0 bridgehead atoms. The number of anilines is 1.